The maximum absolute atomic E-state index is 11.1. The van der Waals surface area contributed by atoms with E-state index in [2.05, 4.69) is 4.98 Å². The highest BCUT2D eigenvalue weighted by molar-refractivity contribution is 5.89. The van der Waals surface area contributed by atoms with Gasteiger partial charge in [0, 0.05) is 17.5 Å². The summed E-state index contributed by atoms with van der Waals surface area (Å²) in [6, 6.07) is 6.02. The number of hydrogen-bond acceptors (Lipinski definition) is 3. The molecule has 0 bridgehead atoms. The number of H-pyrrole nitrogens is 1. The van der Waals surface area contributed by atoms with Gasteiger partial charge in [-0.1, -0.05) is 6.07 Å². The highest BCUT2D eigenvalue weighted by atomic mass is 16.6. The molecule has 1 aromatic heterocycles. The summed E-state index contributed by atoms with van der Waals surface area (Å²) < 4.78 is 0. The number of rotatable bonds is 1. The molecule has 1 N–H and O–H groups in total. The Hall–Kier alpha value is -2.17. The number of pyridine rings is 1. The van der Waals surface area contributed by atoms with Crippen LogP contribution in [0.25, 0.3) is 10.9 Å². The van der Waals surface area contributed by atoms with Crippen molar-refractivity contribution in [2.24, 2.45) is 0 Å². The zero-order valence-electron chi connectivity index (χ0n) is 7.98. The van der Waals surface area contributed by atoms with Crippen molar-refractivity contribution in [2.75, 3.05) is 0 Å². The molecule has 0 radical (unpaired) electrons. The van der Waals surface area contributed by atoms with Crippen LogP contribution in [0.2, 0.25) is 0 Å². The minimum Gasteiger partial charge on any atom is -0.316 e. The lowest BCUT2D eigenvalue weighted by molar-refractivity contribution is -0.383. The molecule has 1 heterocycles. The average Bonchev–Trinajstić information content (AvgIpc) is 2.17. The first-order valence-corrected chi connectivity index (χ1v) is 4.36. The highest BCUT2D eigenvalue weighted by Crippen LogP contribution is 2.24. The van der Waals surface area contributed by atoms with Crippen LogP contribution >= 0.6 is 0 Å². The van der Waals surface area contributed by atoms with Gasteiger partial charge >= 0.3 is 0 Å². The molecular weight excluding hydrogens is 196 g/mol. The van der Waals surface area contributed by atoms with Crippen molar-refractivity contribution in [3.8, 4) is 0 Å². The van der Waals surface area contributed by atoms with Crippen molar-refractivity contribution in [3.05, 3.63) is 50.3 Å². The van der Waals surface area contributed by atoms with Gasteiger partial charge in [-0.05, 0) is 18.6 Å². The molecule has 0 spiro atoms. The fourth-order valence-electron chi connectivity index (χ4n) is 1.53. The van der Waals surface area contributed by atoms with E-state index < -0.39 is 4.92 Å². The lowest BCUT2D eigenvalue weighted by Gasteiger charge is -2.01. The number of nitro groups is 1. The third kappa shape index (κ3) is 1.48. The number of hydrogen-bond donors (Lipinski definition) is 1. The summed E-state index contributed by atoms with van der Waals surface area (Å²) in [6.45, 7) is 1.84. The first-order valence-electron chi connectivity index (χ1n) is 4.36. The van der Waals surface area contributed by atoms with Crippen LogP contribution < -0.4 is 5.56 Å². The third-order valence-electron chi connectivity index (χ3n) is 2.29. The Morgan fingerprint density at radius 1 is 1.27 bits per heavy atom. The van der Waals surface area contributed by atoms with Crippen LogP contribution in [-0.4, -0.2) is 9.91 Å². The Labute approximate surface area is 84.5 Å². The fourth-order valence-corrected chi connectivity index (χ4v) is 1.53. The average molecular weight is 204 g/mol. The summed E-state index contributed by atoms with van der Waals surface area (Å²) in [5.41, 5.74) is 0.767. The van der Waals surface area contributed by atoms with Crippen LogP contribution in [0.15, 0.2) is 29.1 Å². The van der Waals surface area contributed by atoms with Gasteiger partial charge in [-0.25, -0.2) is 0 Å². The standard InChI is InChI=1S/C10H8N2O3/c1-6-2-4-8(12(14)15)10-7(6)3-5-9(13)11-10/h2-5H,1H3,(H,11,13). The predicted molar refractivity (Wildman–Crippen MR) is 56.0 cm³/mol. The van der Waals surface area contributed by atoms with Crippen molar-refractivity contribution >= 4 is 16.6 Å². The molecule has 0 aliphatic carbocycles. The minimum atomic E-state index is -0.502. The molecule has 0 saturated heterocycles. The summed E-state index contributed by atoms with van der Waals surface area (Å²) in [5.74, 6) is 0. The third-order valence-corrected chi connectivity index (χ3v) is 2.29. The van der Waals surface area contributed by atoms with Gasteiger partial charge in [0.05, 0.1) is 4.92 Å². The number of non-ortho nitro benzene ring substituents is 1. The number of nitro benzene ring substituents is 1. The van der Waals surface area contributed by atoms with E-state index in [4.69, 9.17) is 0 Å². The van der Waals surface area contributed by atoms with Crippen molar-refractivity contribution < 1.29 is 4.92 Å². The maximum atomic E-state index is 11.1. The van der Waals surface area contributed by atoms with Crippen molar-refractivity contribution in [3.63, 3.8) is 0 Å². The smallest absolute Gasteiger partial charge is 0.293 e. The molecular formula is C10H8N2O3. The first kappa shape index (κ1) is 9.39. The van der Waals surface area contributed by atoms with Crippen LogP contribution in [0.3, 0.4) is 0 Å². The van der Waals surface area contributed by atoms with Gasteiger partial charge in [-0.15, -0.1) is 0 Å². The zero-order chi connectivity index (χ0) is 11.0. The first-order chi connectivity index (χ1) is 7.09. The Balaban J connectivity index is 2.96. The van der Waals surface area contributed by atoms with Crippen LogP contribution in [0.5, 0.6) is 0 Å². The molecule has 2 aromatic rings. The monoisotopic (exact) mass is 204 g/mol. The van der Waals surface area contributed by atoms with Crippen LogP contribution in [0.1, 0.15) is 5.56 Å². The zero-order valence-corrected chi connectivity index (χ0v) is 7.98. The Kier molecular flexibility index (Phi) is 2.00. The molecule has 0 aliphatic heterocycles. The van der Waals surface area contributed by atoms with Crippen LogP contribution in [-0.2, 0) is 0 Å². The molecule has 76 valence electrons. The maximum Gasteiger partial charge on any atom is 0.293 e. The van der Waals surface area contributed by atoms with E-state index in [1.807, 2.05) is 6.92 Å². The van der Waals surface area contributed by atoms with E-state index in [-0.39, 0.29) is 16.8 Å². The lowest BCUT2D eigenvalue weighted by Crippen LogP contribution is -2.04. The molecule has 0 aliphatic rings. The second-order valence-corrected chi connectivity index (χ2v) is 3.27. The van der Waals surface area contributed by atoms with Crippen LogP contribution in [0.4, 0.5) is 5.69 Å². The highest BCUT2D eigenvalue weighted by Gasteiger charge is 2.13. The second-order valence-electron chi connectivity index (χ2n) is 3.27. The Morgan fingerprint density at radius 2 is 2.00 bits per heavy atom. The van der Waals surface area contributed by atoms with Crippen LogP contribution in [0, 0.1) is 17.0 Å². The number of fused-ring (bicyclic) bond motifs is 1. The van der Waals surface area contributed by atoms with Gasteiger partial charge < -0.3 is 4.98 Å². The Morgan fingerprint density at radius 3 is 2.67 bits per heavy atom. The molecule has 2 rings (SSSR count). The molecule has 0 amide bonds. The quantitative estimate of drug-likeness (QED) is 0.567. The molecule has 0 fully saturated rings. The summed E-state index contributed by atoms with van der Waals surface area (Å²) in [5, 5.41) is 11.4. The summed E-state index contributed by atoms with van der Waals surface area (Å²) in [4.78, 5) is 23.8. The minimum absolute atomic E-state index is 0.0756. The number of aromatic nitrogens is 1. The van der Waals surface area contributed by atoms with Crippen molar-refractivity contribution in [1.29, 1.82) is 0 Å². The number of aromatic amines is 1. The summed E-state index contributed by atoms with van der Waals surface area (Å²) in [7, 11) is 0. The number of nitrogens with one attached hydrogen (secondary N) is 1. The molecule has 0 unspecified atom stereocenters. The summed E-state index contributed by atoms with van der Waals surface area (Å²) >= 11 is 0. The largest absolute Gasteiger partial charge is 0.316 e. The molecule has 5 nitrogen and oxygen atoms in total. The van der Waals surface area contributed by atoms with Gasteiger partial charge in [0.2, 0.25) is 5.56 Å². The topological polar surface area (TPSA) is 76.0 Å². The normalized spacial score (nSPS) is 10.5. The van der Waals surface area contributed by atoms with Gasteiger partial charge in [0.15, 0.2) is 0 Å². The molecule has 15 heavy (non-hydrogen) atoms. The van der Waals surface area contributed by atoms with E-state index in [1.165, 1.54) is 12.1 Å². The number of aryl methyl sites for hydroxylation is 1. The molecule has 1 aromatic carbocycles. The predicted octanol–water partition coefficient (Wildman–Crippen LogP) is 1.74. The lowest BCUT2D eigenvalue weighted by atomic mass is 10.1. The van der Waals surface area contributed by atoms with E-state index in [1.54, 1.807) is 12.1 Å². The van der Waals surface area contributed by atoms with E-state index >= 15 is 0 Å². The van der Waals surface area contributed by atoms with Gasteiger partial charge in [0.25, 0.3) is 5.69 Å². The van der Waals surface area contributed by atoms with Crippen molar-refractivity contribution in [1.82, 2.24) is 4.98 Å². The number of benzene rings is 1. The SMILES string of the molecule is Cc1ccc([N+](=O)[O-])c2[nH]c(=O)ccc12. The van der Waals surface area contributed by atoms with E-state index in [9.17, 15) is 14.9 Å². The second kappa shape index (κ2) is 3.20. The molecule has 5 heteroatoms. The van der Waals surface area contributed by atoms with Crippen molar-refractivity contribution in [2.45, 2.75) is 6.92 Å². The number of nitrogens with zero attached hydrogens (tertiary/aromatic N) is 1. The van der Waals surface area contributed by atoms with E-state index in [0.717, 1.165) is 5.56 Å². The Bertz CT molecular complexity index is 601. The summed E-state index contributed by atoms with van der Waals surface area (Å²) in [6.07, 6.45) is 0. The van der Waals surface area contributed by atoms with Gasteiger partial charge in [-0.3, -0.25) is 14.9 Å². The molecule has 0 saturated carbocycles. The van der Waals surface area contributed by atoms with Gasteiger partial charge in [0.1, 0.15) is 5.52 Å². The fraction of sp³-hybridized carbons (Fsp3) is 0.100. The van der Waals surface area contributed by atoms with E-state index in [0.29, 0.717) is 5.39 Å². The van der Waals surface area contributed by atoms with Gasteiger partial charge in [-0.2, -0.15) is 0 Å². The molecule has 0 atom stereocenters.